The van der Waals surface area contributed by atoms with Gasteiger partial charge in [0.05, 0.1) is 0 Å². The number of carbonyl (C=O) groups is 3. The Bertz CT molecular complexity index is 1290. The van der Waals surface area contributed by atoms with Crippen LogP contribution in [0.4, 0.5) is 0 Å². The van der Waals surface area contributed by atoms with E-state index in [1.807, 2.05) is 24.3 Å². The van der Waals surface area contributed by atoms with Crippen molar-refractivity contribution in [2.24, 2.45) is 0 Å². The molecule has 58 heavy (non-hydrogen) atoms. The first-order valence-electron chi connectivity index (χ1n) is 22.6. The van der Waals surface area contributed by atoms with E-state index in [0.717, 1.165) is 128 Å². The zero-order valence-electron chi connectivity index (χ0n) is 36.8. The fourth-order valence-electron chi connectivity index (χ4n) is 5.48. The van der Waals surface area contributed by atoms with Crippen molar-refractivity contribution in [2.45, 2.75) is 175 Å². The number of hydrogen-bond acceptors (Lipinski definition) is 6. The van der Waals surface area contributed by atoms with Crippen molar-refractivity contribution in [3.8, 4) is 0 Å². The third kappa shape index (κ3) is 42.9. The molecule has 0 saturated carbocycles. The van der Waals surface area contributed by atoms with Crippen LogP contribution >= 0.6 is 0 Å². The van der Waals surface area contributed by atoms with E-state index < -0.39 is 6.10 Å². The lowest BCUT2D eigenvalue weighted by Gasteiger charge is -2.18. The third-order valence-corrected chi connectivity index (χ3v) is 8.79. The van der Waals surface area contributed by atoms with Gasteiger partial charge in [-0.15, -0.1) is 0 Å². The Morgan fingerprint density at radius 1 is 0.362 bits per heavy atom. The summed E-state index contributed by atoms with van der Waals surface area (Å²) in [6.07, 6.45) is 61.9. The Kier molecular flexibility index (Phi) is 42.2. The van der Waals surface area contributed by atoms with Gasteiger partial charge in [0, 0.05) is 19.3 Å². The molecular formula is C52H80O6. The van der Waals surface area contributed by atoms with Gasteiger partial charge < -0.3 is 14.2 Å². The quantitative estimate of drug-likeness (QED) is 0.0203. The lowest BCUT2D eigenvalue weighted by atomic mass is 10.1. The monoisotopic (exact) mass is 801 g/mol. The standard InChI is InChI=1S/C52H80O6/c1-4-7-10-13-16-19-21-23-25-27-28-30-33-36-39-42-45-51(54)57-48-49(47-56-50(53)44-41-38-35-32-18-15-12-9-6-3)58-52(55)46-43-40-37-34-31-29-26-24-22-20-17-14-11-8-5-2/h7-12,14,16-20,22-26,28,30,32,49H,4-6,13,15,21,27,29,31,33-48H2,1-3H3/b10-7-,11-8-,12-9-,17-14-,19-16-,22-20-,25-23-,26-24-,30-28-,32-18-. The van der Waals surface area contributed by atoms with Gasteiger partial charge in [-0.1, -0.05) is 168 Å². The van der Waals surface area contributed by atoms with Crippen LogP contribution in [0.1, 0.15) is 168 Å². The molecule has 0 radical (unpaired) electrons. The maximum absolute atomic E-state index is 12.7. The predicted octanol–water partition coefficient (Wildman–Crippen LogP) is 14.6. The summed E-state index contributed by atoms with van der Waals surface area (Å²) in [6, 6.07) is 0. The number of ether oxygens (including phenoxy) is 3. The average Bonchev–Trinajstić information content (AvgIpc) is 3.22. The fourth-order valence-corrected chi connectivity index (χ4v) is 5.48. The van der Waals surface area contributed by atoms with Crippen molar-refractivity contribution in [3.05, 3.63) is 122 Å². The Labute approximate surface area is 354 Å². The van der Waals surface area contributed by atoms with Crippen LogP contribution in [0.25, 0.3) is 0 Å². The van der Waals surface area contributed by atoms with Gasteiger partial charge in [0.15, 0.2) is 6.10 Å². The molecule has 6 nitrogen and oxygen atoms in total. The molecule has 0 aromatic heterocycles. The molecule has 6 heteroatoms. The number of hydrogen-bond donors (Lipinski definition) is 0. The molecule has 0 aliphatic rings. The van der Waals surface area contributed by atoms with Crippen molar-refractivity contribution in [1.29, 1.82) is 0 Å². The Hall–Kier alpha value is -4.19. The molecule has 0 amide bonds. The zero-order chi connectivity index (χ0) is 42.3. The second-order valence-corrected chi connectivity index (χ2v) is 14.3. The predicted molar refractivity (Wildman–Crippen MR) is 246 cm³/mol. The highest BCUT2D eigenvalue weighted by Gasteiger charge is 2.19. The van der Waals surface area contributed by atoms with Crippen LogP contribution in [0.15, 0.2) is 122 Å². The van der Waals surface area contributed by atoms with Gasteiger partial charge in [0.2, 0.25) is 0 Å². The molecule has 0 aliphatic heterocycles. The van der Waals surface area contributed by atoms with Gasteiger partial charge in [0.1, 0.15) is 13.2 Å². The summed E-state index contributed by atoms with van der Waals surface area (Å²) in [5, 5.41) is 0. The summed E-state index contributed by atoms with van der Waals surface area (Å²) in [4.78, 5) is 37.7. The molecular weight excluding hydrogens is 721 g/mol. The van der Waals surface area contributed by atoms with E-state index in [2.05, 4.69) is 118 Å². The topological polar surface area (TPSA) is 78.9 Å². The summed E-state index contributed by atoms with van der Waals surface area (Å²) in [7, 11) is 0. The average molecular weight is 801 g/mol. The van der Waals surface area contributed by atoms with Crippen LogP contribution in [0, 0.1) is 0 Å². The minimum absolute atomic E-state index is 0.119. The highest BCUT2D eigenvalue weighted by molar-refractivity contribution is 5.71. The maximum Gasteiger partial charge on any atom is 0.306 e. The van der Waals surface area contributed by atoms with E-state index >= 15 is 0 Å². The van der Waals surface area contributed by atoms with Crippen LogP contribution in [-0.2, 0) is 28.6 Å². The molecule has 0 aromatic rings. The smallest absolute Gasteiger partial charge is 0.306 e. The molecule has 1 unspecified atom stereocenters. The van der Waals surface area contributed by atoms with E-state index in [1.54, 1.807) is 0 Å². The van der Waals surface area contributed by atoms with Gasteiger partial charge in [0.25, 0.3) is 0 Å². The first kappa shape index (κ1) is 53.8. The lowest BCUT2D eigenvalue weighted by molar-refractivity contribution is -0.167. The zero-order valence-corrected chi connectivity index (χ0v) is 36.8. The van der Waals surface area contributed by atoms with Crippen molar-refractivity contribution in [3.63, 3.8) is 0 Å². The minimum Gasteiger partial charge on any atom is -0.462 e. The molecule has 0 rings (SSSR count). The summed E-state index contributed by atoms with van der Waals surface area (Å²) in [6.45, 7) is 6.14. The van der Waals surface area contributed by atoms with Gasteiger partial charge in [-0.3, -0.25) is 14.4 Å². The highest BCUT2D eigenvalue weighted by Crippen LogP contribution is 2.11. The molecule has 0 fully saturated rings. The van der Waals surface area contributed by atoms with Crippen molar-refractivity contribution >= 4 is 17.9 Å². The highest BCUT2D eigenvalue weighted by atomic mass is 16.6. The van der Waals surface area contributed by atoms with E-state index in [0.29, 0.717) is 12.8 Å². The van der Waals surface area contributed by atoms with Gasteiger partial charge >= 0.3 is 17.9 Å². The molecule has 324 valence electrons. The summed E-state index contributed by atoms with van der Waals surface area (Å²) < 4.78 is 16.6. The second kappa shape index (κ2) is 45.5. The Morgan fingerprint density at radius 3 is 1.22 bits per heavy atom. The fraction of sp³-hybridized carbons (Fsp3) is 0.558. The largest absolute Gasteiger partial charge is 0.462 e. The van der Waals surface area contributed by atoms with Crippen molar-refractivity contribution < 1.29 is 28.6 Å². The maximum atomic E-state index is 12.7. The number of carbonyl (C=O) groups excluding carboxylic acids is 3. The molecule has 0 saturated heterocycles. The van der Waals surface area contributed by atoms with Crippen LogP contribution in [0.2, 0.25) is 0 Å². The van der Waals surface area contributed by atoms with Gasteiger partial charge in [-0.2, -0.15) is 0 Å². The SMILES string of the molecule is CC\C=C/C=C\C=C/C=C\CCCCCCCC(=O)OC(COC(=O)CCCC/C=C\C/C=C\CC)COC(=O)CCCCC/C=C\C/C=C\C/C=C\C/C=C\CC. The number of esters is 3. The minimum atomic E-state index is -0.818. The molecule has 0 heterocycles. The van der Waals surface area contributed by atoms with Crippen LogP contribution in [-0.4, -0.2) is 37.2 Å². The van der Waals surface area contributed by atoms with Crippen LogP contribution in [0.5, 0.6) is 0 Å². The Morgan fingerprint density at radius 2 is 0.707 bits per heavy atom. The van der Waals surface area contributed by atoms with Crippen LogP contribution < -0.4 is 0 Å². The lowest BCUT2D eigenvalue weighted by Crippen LogP contribution is -2.30. The molecule has 1 atom stereocenters. The van der Waals surface area contributed by atoms with E-state index in [4.69, 9.17) is 14.2 Å². The molecule has 0 bridgehead atoms. The van der Waals surface area contributed by atoms with E-state index in [-0.39, 0.29) is 37.5 Å². The first-order valence-corrected chi connectivity index (χ1v) is 22.6. The Balaban J connectivity index is 4.52. The molecule has 0 aliphatic carbocycles. The number of rotatable bonds is 38. The van der Waals surface area contributed by atoms with Gasteiger partial charge in [-0.25, -0.2) is 0 Å². The van der Waals surface area contributed by atoms with Gasteiger partial charge in [-0.05, 0) is 103 Å². The van der Waals surface area contributed by atoms with E-state index in [1.165, 1.54) is 0 Å². The third-order valence-electron chi connectivity index (χ3n) is 8.79. The summed E-state index contributed by atoms with van der Waals surface area (Å²) >= 11 is 0. The van der Waals surface area contributed by atoms with Crippen molar-refractivity contribution in [2.75, 3.05) is 13.2 Å². The normalized spacial score (nSPS) is 13.2. The van der Waals surface area contributed by atoms with Crippen LogP contribution in [0.3, 0.4) is 0 Å². The number of allylic oxidation sites excluding steroid dienone is 20. The molecule has 0 spiro atoms. The number of unbranched alkanes of at least 4 members (excludes halogenated alkanes) is 10. The first-order chi connectivity index (χ1) is 28.5. The molecule has 0 N–H and O–H groups in total. The summed E-state index contributed by atoms with van der Waals surface area (Å²) in [5.74, 6) is -1.02. The van der Waals surface area contributed by atoms with E-state index in [9.17, 15) is 14.4 Å². The summed E-state index contributed by atoms with van der Waals surface area (Å²) in [5.41, 5.74) is 0. The molecule has 0 aromatic carbocycles. The second-order valence-electron chi connectivity index (χ2n) is 14.3. The van der Waals surface area contributed by atoms with Crippen molar-refractivity contribution in [1.82, 2.24) is 0 Å².